The fourth-order valence-corrected chi connectivity index (χ4v) is 1.65. The van der Waals surface area contributed by atoms with Crippen molar-refractivity contribution < 1.29 is 9.59 Å². The van der Waals surface area contributed by atoms with Gasteiger partial charge in [-0.15, -0.1) is 0 Å². The zero-order chi connectivity index (χ0) is 13.7. The summed E-state index contributed by atoms with van der Waals surface area (Å²) in [5, 5.41) is 6.68. The van der Waals surface area contributed by atoms with E-state index in [1.165, 1.54) is 6.20 Å². The molecular formula is C13H14N4O2. The van der Waals surface area contributed by atoms with E-state index in [4.69, 9.17) is 0 Å². The van der Waals surface area contributed by atoms with Crippen LogP contribution in [0.4, 0.5) is 0 Å². The largest absolute Gasteiger partial charge is 0.345 e. The van der Waals surface area contributed by atoms with E-state index >= 15 is 0 Å². The molecule has 0 bridgehead atoms. The number of carbonyl (C=O) groups excluding carboxylic acids is 2. The fourth-order valence-electron chi connectivity index (χ4n) is 1.65. The second-order valence-electron chi connectivity index (χ2n) is 4.17. The van der Waals surface area contributed by atoms with Crippen molar-refractivity contribution in [3.63, 3.8) is 0 Å². The summed E-state index contributed by atoms with van der Waals surface area (Å²) in [7, 11) is 0. The van der Waals surface area contributed by atoms with Crippen LogP contribution < -0.4 is 5.32 Å². The number of amides is 1. The molecule has 1 atom stereocenters. The van der Waals surface area contributed by atoms with Crippen LogP contribution in [-0.4, -0.2) is 32.5 Å². The van der Waals surface area contributed by atoms with E-state index in [1.54, 1.807) is 41.5 Å². The minimum Gasteiger partial charge on any atom is -0.345 e. The topological polar surface area (TPSA) is 76.9 Å². The number of nitrogens with zero attached hydrogens (tertiary/aromatic N) is 3. The summed E-state index contributed by atoms with van der Waals surface area (Å²) in [6, 6.07) is 4.80. The zero-order valence-electron chi connectivity index (χ0n) is 10.5. The first-order chi connectivity index (χ1) is 9.16. The van der Waals surface area contributed by atoms with Crippen molar-refractivity contribution in [3.05, 3.63) is 48.5 Å². The Bertz CT molecular complexity index is 551. The van der Waals surface area contributed by atoms with Crippen LogP contribution in [0.2, 0.25) is 0 Å². The maximum Gasteiger partial charge on any atom is 0.292 e. The number of Topliss-reactive ketones (excluding diaryl/α,β-unsaturated/α-hetero) is 1. The Labute approximate surface area is 110 Å². The van der Waals surface area contributed by atoms with Crippen LogP contribution in [0.3, 0.4) is 0 Å². The van der Waals surface area contributed by atoms with E-state index in [0.717, 1.165) is 0 Å². The smallest absolute Gasteiger partial charge is 0.292 e. The van der Waals surface area contributed by atoms with E-state index in [9.17, 15) is 9.59 Å². The highest BCUT2D eigenvalue weighted by Crippen LogP contribution is 1.98. The van der Waals surface area contributed by atoms with Gasteiger partial charge in [-0.2, -0.15) is 5.10 Å². The molecule has 0 saturated heterocycles. The average Bonchev–Trinajstić information content (AvgIpc) is 2.91. The van der Waals surface area contributed by atoms with Crippen LogP contribution in [-0.2, 0) is 11.3 Å². The summed E-state index contributed by atoms with van der Waals surface area (Å²) in [5.41, 5.74) is 0.284. The van der Waals surface area contributed by atoms with E-state index in [2.05, 4.69) is 15.4 Å². The summed E-state index contributed by atoms with van der Waals surface area (Å²) < 4.78 is 1.69. The molecule has 6 nitrogen and oxygen atoms in total. The highest BCUT2D eigenvalue weighted by atomic mass is 16.2. The van der Waals surface area contributed by atoms with Crippen molar-refractivity contribution in [3.8, 4) is 0 Å². The van der Waals surface area contributed by atoms with Gasteiger partial charge in [-0.1, -0.05) is 0 Å². The van der Waals surface area contributed by atoms with Gasteiger partial charge in [0.1, 0.15) is 0 Å². The number of pyridine rings is 1. The maximum absolute atomic E-state index is 11.8. The lowest BCUT2D eigenvalue weighted by Crippen LogP contribution is -2.40. The summed E-state index contributed by atoms with van der Waals surface area (Å²) in [6.07, 6.45) is 6.38. The molecule has 0 aromatic carbocycles. The van der Waals surface area contributed by atoms with Crippen molar-refractivity contribution in [1.29, 1.82) is 0 Å². The summed E-state index contributed by atoms with van der Waals surface area (Å²) in [6.45, 7) is 2.33. The van der Waals surface area contributed by atoms with Crippen molar-refractivity contribution in [2.45, 2.75) is 19.5 Å². The molecule has 98 valence electrons. The molecule has 0 radical (unpaired) electrons. The van der Waals surface area contributed by atoms with Crippen molar-refractivity contribution in [2.75, 3.05) is 0 Å². The van der Waals surface area contributed by atoms with Gasteiger partial charge in [0.05, 0.1) is 6.54 Å². The predicted octanol–water partition coefficient (Wildman–Crippen LogP) is 0.666. The minimum absolute atomic E-state index is 0.187. The van der Waals surface area contributed by atoms with Crippen molar-refractivity contribution >= 4 is 11.7 Å². The second kappa shape index (κ2) is 5.90. The van der Waals surface area contributed by atoms with Crippen LogP contribution in [0.25, 0.3) is 0 Å². The Hall–Kier alpha value is -2.50. The molecule has 2 aromatic heterocycles. The SMILES string of the molecule is CC(Cn1cccn1)NC(=O)C(=O)c1cccnc1. The molecule has 1 amide bonds. The Morgan fingerprint density at radius 1 is 1.37 bits per heavy atom. The molecular weight excluding hydrogens is 244 g/mol. The third kappa shape index (κ3) is 3.48. The van der Waals surface area contributed by atoms with Crippen LogP contribution in [0.1, 0.15) is 17.3 Å². The van der Waals surface area contributed by atoms with Crippen molar-refractivity contribution in [2.24, 2.45) is 0 Å². The van der Waals surface area contributed by atoms with Crippen LogP contribution in [0, 0.1) is 0 Å². The van der Waals surface area contributed by atoms with Crippen molar-refractivity contribution in [1.82, 2.24) is 20.1 Å². The molecule has 0 spiro atoms. The van der Waals surface area contributed by atoms with Crippen LogP contribution in [0.15, 0.2) is 43.0 Å². The lowest BCUT2D eigenvalue weighted by atomic mass is 10.2. The van der Waals surface area contributed by atoms with Gasteiger partial charge in [-0.3, -0.25) is 19.3 Å². The highest BCUT2D eigenvalue weighted by molar-refractivity contribution is 6.42. The second-order valence-corrected chi connectivity index (χ2v) is 4.17. The van der Waals surface area contributed by atoms with E-state index < -0.39 is 11.7 Å². The molecule has 0 aliphatic rings. The molecule has 1 unspecified atom stereocenters. The normalized spacial score (nSPS) is 11.8. The Morgan fingerprint density at radius 3 is 2.84 bits per heavy atom. The van der Waals surface area contributed by atoms with E-state index in [0.29, 0.717) is 6.54 Å². The molecule has 2 heterocycles. The van der Waals surface area contributed by atoms with Gasteiger partial charge in [0.15, 0.2) is 0 Å². The van der Waals surface area contributed by atoms with Gasteiger partial charge in [0.2, 0.25) is 0 Å². The standard InChI is InChI=1S/C13H14N4O2/c1-10(9-17-7-3-6-15-17)16-13(19)12(18)11-4-2-5-14-8-11/h2-8,10H,9H2,1H3,(H,16,19). The Balaban J connectivity index is 1.92. The summed E-state index contributed by atoms with van der Waals surface area (Å²) >= 11 is 0. The quantitative estimate of drug-likeness (QED) is 0.631. The molecule has 1 N–H and O–H groups in total. The number of carbonyl (C=O) groups is 2. The van der Waals surface area contributed by atoms with Gasteiger partial charge in [0.25, 0.3) is 11.7 Å². The molecule has 0 aliphatic carbocycles. The zero-order valence-corrected chi connectivity index (χ0v) is 10.5. The molecule has 19 heavy (non-hydrogen) atoms. The number of hydrogen-bond acceptors (Lipinski definition) is 4. The van der Waals surface area contributed by atoms with Gasteiger partial charge in [0, 0.05) is 36.4 Å². The minimum atomic E-state index is -0.632. The molecule has 2 aromatic rings. The summed E-state index contributed by atoms with van der Waals surface area (Å²) in [5.74, 6) is -1.21. The number of aromatic nitrogens is 3. The van der Waals surface area contributed by atoms with Gasteiger partial charge in [-0.05, 0) is 25.1 Å². The fraction of sp³-hybridized carbons (Fsp3) is 0.231. The number of ketones is 1. The van der Waals surface area contributed by atoms with Crippen LogP contribution >= 0.6 is 0 Å². The number of nitrogens with one attached hydrogen (secondary N) is 1. The highest BCUT2D eigenvalue weighted by Gasteiger charge is 2.18. The Morgan fingerprint density at radius 2 is 2.21 bits per heavy atom. The third-order valence-electron chi connectivity index (χ3n) is 2.53. The van der Waals surface area contributed by atoms with E-state index in [1.807, 2.05) is 6.92 Å². The third-order valence-corrected chi connectivity index (χ3v) is 2.53. The van der Waals surface area contributed by atoms with E-state index in [-0.39, 0.29) is 11.6 Å². The Kier molecular flexibility index (Phi) is 4.02. The molecule has 6 heteroatoms. The molecule has 0 saturated carbocycles. The maximum atomic E-state index is 11.8. The van der Waals surface area contributed by atoms with Crippen LogP contribution in [0.5, 0.6) is 0 Å². The summed E-state index contributed by atoms with van der Waals surface area (Å²) in [4.78, 5) is 27.4. The van der Waals surface area contributed by atoms with Gasteiger partial charge >= 0.3 is 0 Å². The number of hydrogen-bond donors (Lipinski definition) is 1. The number of rotatable bonds is 5. The first-order valence-corrected chi connectivity index (χ1v) is 5.89. The lowest BCUT2D eigenvalue weighted by Gasteiger charge is -2.13. The predicted molar refractivity (Wildman–Crippen MR) is 68.4 cm³/mol. The molecule has 0 fully saturated rings. The molecule has 0 aliphatic heterocycles. The first kappa shape index (κ1) is 12.9. The molecule has 2 rings (SSSR count). The average molecular weight is 258 g/mol. The van der Waals surface area contributed by atoms with Gasteiger partial charge in [-0.25, -0.2) is 0 Å². The van der Waals surface area contributed by atoms with Gasteiger partial charge < -0.3 is 5.32 Å². The monoisotopic (exact) mass is 258 g/mol. The first-order valence-electron chi connectivity index (χ1n) is 5.89. The lowest BCUT2D eigenvalue weighted by molar-refractivity contribution is -0.117.